The van der Waals surface area contributed by atoms with E-state index >= 15 is 0 Å². The van der Waals surface area contributed by atoms with Crippen LogP contribution in [0.1, 0.15) is 29.0 Å². The van der Waals surface area contributed by atoms with E-state index in [1.165, 1.54) is 28.9 Å². The molecule has 2 aromatic rings. The largest absolute Gasteiger partial charge is 0.349 e. The van der Waals surface area contributed by atoms with Crippen molar-refractivity contribution in [3.8, 4) is 0 Å². The molecule has 2 nitrogen and oxygen atoms in total. The van der Waals surface area contributed by atoms with Crippen LogP contribution in [0.25, 0.3) is 0 Å². The van der Waals surface area contributed by atoms with Crippen molar-refractivity contribution in [2.75, 3.05) is 22.9 Å². The van der Waals surface area contributed by atoms with Gasteiger partial charge in [-0.3, -0.25) is 0 Å². The average Bonchev–Trinajstić information content (AvgIpc) is 3.20. The van der Waals surface area contributed by atoms with E-state index in [9.17, 15) is 0 Å². The van der Waals surface area contributed by atoms with E-state index in [2.05, 4.69) is 66.1 Å². The molecule has 22 heavy (non-hydrogen) atoms. The summed E-state index contributed by atoms with van der Waals surface area (Å²) >= 11 is 0. The van der Waals surface area contributed by atoms with Crippen LogP contribution in [-0.2, 0) is 0 Å². The van der Waals surface area contributed by atoms with Gasteiger partial charge in [-0.1, -0.05) is 35.4 Å². The molecule has 2 aromatic carbocycles. The number of rotatable bonds is 1. The Hall–Kier alpha value is -1.96. The summed E-state index contributed by atoms with van der Waals surface area (Å²) in [7, 11) is 0. The zero-order valence-corrected chi connectivity index (χ0v) is 13.3. The summed E-state index contributed by atoms with van der Waals surface area (Å²) in [5.41, 5.74) is 7.22. The Labute approximate surface area is 132 Å². The molecule has 0 radical (unpaired) electrons. The van der Waals surface area contributed by atoms with Crippen LogP contribution in [0.3, 0.4) is 0 Å². The molecule has 0 N–H and O–H groups in total. The van der Waals surface area contributed by atoms with E-state index < -0.39 is 0 Å². The standard InChI is InChI=1S/C20H22N2/c1-13-3-6-15(7-4-13)21-9-10-22-19-8-5-14(2)11-17(19)16-12-18(16)20(21)22/h3-8,11,16,18,20H,9-10,12H2,1-2H3. The monoisotopic (exact) mass is 290 g/mol. The minimum Gasteiger partial charge on any atom is -0.349 e. The molecule has 1 aliphatic carbocycles. The molecule has 0 bridgehead atoms. The number of benzene rings is 2. The number of aryl methyl sites for hydroxylation is 2. The molecule has 2 aliphatic heterocycles. The third kappa shape index (κ3) is 1.67. The van der Waals surface area contributed by atoms with Gasteiger partial charge >= 0.3 is 0 Å². The average molecular weight is 290 g/mol. The molecule has 0 aromatic heterocycles. The molecule has 1 saturated heterocycles. The highest BCUT2D eigenvalue weighted by Crippen LogP contribution is 2.59. The Bertz CT molecular complexity index is 734. The molecular formula is C20H22N2. The fourth-order valence-electron chi connectivity index (χ4n) is 4.53. The second kappa shape index (κ2) is 4.28. The van der Waals surface area contributed by atoms with Crippen LogP contribution in [0.15, 0.2) is 42.5 Å². The highest BCUT2D eigenvalue weighted by Gasteiger charge is 2.55. The molecule has 5 rings (SSSR count). The van der Waals surface area contributed by atoms with Crippen LogP contribution < -0.4 is 9.80 Å². The number of fused-ring (bicyclic) bond motifs is 6. The zero-order chi connectivity index (χ0) is 14.8. The van der Waals surface area contributed by atoms with E-state index in [0.717, 1.165) is 24.9 Å². The van der Waals surface area contributed by atoms with Crippen LogP contribution in [0.4, 0.5) is 11.4 Å². The van der Waals surface area contributed by atoms with E-state index in [1.54, 1.807) is 5.56 Å². The molecule has 3 unspecified atom stereocenters. The van der Waals surface area contributed by atoms with Crippen LogP contribution >= 0.6 is 0 Å². The molecule has 2 heteroatoms. The molecule has 112 valence electrons. The van der Waals surface area contributed by atoms with Gasteiger partial charge in [0.25, 0.3) is 0 Å². The van der Waals surface area contributed by atoms with E-state index in [0.29, 0.717) is 6.17 Å². The Kier molecular flexibility index (Phi) is 2.45. The second-order valence-corrected chi connectivity index (χ2v) is 7.20. The van der Waals surface area contributed by atoms with Crippen molar-refractivity contribution in [2.24, 2.45) is 5.92 Å². The Morgan fingerprint density at radius 1 is 0.864 bits per heavy atom. The SMILES string of the molecule is Cc1ccc(N2CCN3c4ccc(C)cc4C4CC4C23)cc1. The van der Waals surface area contributed by atoms with Gasteiger partial charge in [0, 0.05) is 30.4 Å². The highest BCUT2D eigenvalue weighted by molar-refractivity contribution is 5.67. The lowest BCUT2D eigenvalue weighted by Crippen LogP contribution is -2.43. The van der Waals surface area contributed by atoms with Gasteiger partial charge in [-0.15, -0.1) is 0 Å². The highest BCUT2D eigenvalue weighted by atomic mass is 15.4. The Balaban J connectivity index is 1.55. The number of nitrogens with zero attached hydrogens (tertiary/aromatic N) is 2. The molecule has 3 aliphatic rings. The summed E-state index contributed by atoms with van der Waals surface area (Å²) in [4.78, 5) is 5.29. The lowest BCUT2D eigenvalue weighted by molar-refractivity contribution is 0.561. The lowest BCUT2D eigenvalue weighted by Gasteiger charge is -2.37. The van der Waals surface area contributed by atoms with Gasteiger partial charge in [0.05, 0.1) is 0 Å². The lowest BCUT2D eigenvalue weighted by atomic mass is 9.98. The molecule has 1 saturated carbocycles. The molecule has 2 heterocycles. The summed E-state index contributed by atoms with van der Waals surface area (Å²) in [5, 5.41) is 0. The summed E-state index contributed by atoms with van der Waals surface area (Å²) in [6.07, 6.45) is 1.93. The molecule has 0 amide bonds. The van der Waals surface area contributed by atoms with Gasteiger partial charge in [-0.25, -0.2) is 0 Å². The summed E-state index contributed by atoms with van der Waals surface area (Å²) < 4.78 is 0. The van der Waals surface area contributed by atoms with Crippen molar-refractivity contribution < 1.29 is 0 Å². The molecule has 2 fully saturated rings. The smallest absolute Gasteiger partial charge is 0.105 e. The Morgan fingerprint density at radius 3 is 2.41 bits per heavy atom. The van der Waals surface area contributed by atoms with Crippen molar-refractivity contribution in [1.29, 1.82) is 0 Å². The predicted molar refractivity (Wildman–Crippen MR) is 91.7 cm³/mol. The van der Waals surface area contributed by atoms with Gasteiger partial charge in [-0.05, 0) is 49.9 Å². The van der Waals surface area contributed by atoms with Gasteiger partial charge in [0.15, 0.2) is 0 Å². The fraction of sp³-hybridized carbons (Fsp3) is 0.400. The van der Waals surface area contributed by atoms with Gasteiger partial charge in [0.1, 0.15) is 6.17 Å². The minimum absolute atomic E-state index is 0.572. The normalized spacial score (nSPS) is 28.2. The minimum atomic E-state index is 0.572. The summed E-state index contributed by atoms with van der Waals surface area (Å²) in [5.74, 6) is 1.61. The maximum absolute atomic E-state index is 2.66. The van der Waals surface area contributed by atoms with E-state index in [1.807, 2.05) is 0 Å². The first-order chi connectivity index (χ1) is 10.7. The first-order valence-corrected chi connectivity index (χ1v) is 8.43. The van der Waals surface area contributed by atoms with Crippen molar-refractivity contribution in [1.82, 2.24) is 0 Å². The van der Waals surface area contributed by atoms with Gasteiger partial charge < -0.3 is 9.80 Å². The van der Waals surface area contributed by atoms with Crippen LogP contribution in [0.2, 0.25) is 0 Å². The van der Waals surface area contributed by atoms with Crippen molar-refractivity contribution in [3.63, 3.8) is 0 Å². The molecular weight excluding hydrogens is 268 g/mol. The predicted octanol–water partition coefficient (Wildman–Crippen LogP) is 4.07. The first kappa shape index (κ1) is 12.6. The fourth-order valence-corrected chi connectivity index (χ4v) is 4.53. The van der Waals surface area contributed by atoms with E-state index in [-0.39, 0.29) is 0 Å². The Morgan fingerprint density at radius 2 is 1.59 bits per heavy atom. The maximum atomic E-state index is 2.66. The molecule has 0 spiro atoms. The van der Waals surface area contributed by atoms with Crippen LogP contribution in [-0.4, -0.2) is 19.3 Å². The number of hydrogen-bond acceptors (Lipinski definition) is 2. The number of hydrogen-bond donors (Lipinski definition) is 0. The first-order valence-electron chi connectivity index (χ1n) is 8.43. The van der Waals surface area contributed by atoms with Crippen molar-refractivity contribution in [2.45, 2.75) is 32.4 Å². The van der Waals surface area contributed by atoms with E-state index in [4.69, 9.17) is 0 Å². The second-order valence-electron chi connectivity index (χ2n) is 7.20. The van der Waals surface area contributed by atoms with Crippen molar-refractivity contribution in [3.05, 3.63) is 59.2 Å². The van der Waals surface area contributed by atoms with Crippen LogP contribution in [0, 0.1) is 19.8 Å². The van der Waals surface area contributed by atoms with Crippen molar-refractivity contribution >= 4 is 11.4 Å². The maximum Gasteiger partial charge on any atom is 0.105 e. The summed E-state index contributed by atoms with van der Waals surface area (Å²) in [6.45, 7) is 6.67. The van der Waals surface area contributed by atoms with Gasteiger partial charge in [-0.2, -0.15) is 0 Å². The molecule has 3 atom stereocenters. The third-order valence-corrected chi connectivity index (χ3v) is 5.70. The van der Waals surface area contributed by atoms with Crippen LogP contribution in [0.5, 0.6) is 0 Å². The number of anilines is 2. The summed E-state index contributed by atoms with van der Waals surface area (Å²) in [6, 6.07) is 16.1. The topological polar surface area (TPSA) is 6.48 Å². The van der Waals surface area contributed by atoms with Gasteiger partial charge in [0.2, 0.25) is 0 Å². The quantitative estimate of drug-likeness (QED) is 0.781. The third-order valence-electron chi connectivity index (χ3n) is 5.70. The zero-order valence-electron chi connectivity index (χ0n) is 13.3.